The molecule has 0 radical (unpaired) electrons. The normalized spacial score (nSPS) is 16.6. The van der Waals surface area contributed by atoms with Crippen molar-refractivity contribution < 1.29 is 8.42 Å². The third-order valence-electron chi connectivity index (χ3n) is 3.28. The molecule has 1 aromatic heterocycles. The average Bonchev–Trinajstić information content (AvgIpc) is 3.10. The molecule has 0 aliphatic heterocycles. The predicted octanol–water partition coefficient (Wildman–Crippen LogP) is 2.42. The van der Waals surface area contributed by atoms with Crippen LogP contribution < -0.4 is 10.0 Å². The summed E-state index contributed by atoms with van der Waals surface area (Å²) in [6, 6.07) is 4.23. The van der Waals surface area contributed by atoms with Gasteiger partial charge in [-0.25, -0.2) is 13.1 Å². The van der Waals surface area contributed by atoms with Gasteiger partial charge in [0.1, 0.15) is 4.21 Å². The maximum Gasteiger partial charge on any atom is 0.250 e. The quantitative estimate of drug-likeness (QED) is 0.766. The molecule has 0 unspecified atom stereocenters. The van der Waals surface area contributed by atoms with Crippen LogP contribution in [0.25, 0.3) is 0 Å². The van der Waals surface area contributed by atoms with Gasteiger partial charge in [-0.1, -0.05) is 0 Å². The Kier molecular flexibility index (Phi) is 5.18. The van der Waals surface area contributed by atoms with Gasteiger partial charge in [0.05, 0.1) is 0 Å². The summed E-state index contributed by atoms with van der Waals surface area (Å²) in [6.45, 7) is 5.25. The Bertz CT molecular complexity index is 548. The van der Waals surface area contributed by atoms with E-state index < -0.39 is 10.0 Å². The molecule has 0 spiro atoms. The second kappa shape index (κ2) is 6.36. The Labute approximate surface area is 129 Å². The van der Waals surface area contributed by atoms with Crippen LogP contribution in [0.4, 0.5) is 0 Å². The zero-order valence-electron chi connectivity index (χ0n) is 12.1. The van der Waals surface area contributed by atoms with E-state index in [4.69, 9.17) is 0 Å². The van der Waals surface area contributed by atoms with Gasteiger partial charge in [0, 0.05) is 28.8 Å². The molecule has 0 bridgehead atoms. The van der Waals surface area contributed by atoms with E-state index in [1.54, 1.807) is 17.8 Å². The summed E-state index contributed by atoms with van der Waals surface area (Å²) in [5.41, 5.74) is 0. The number of hydrogen-bond acceptors (Lipinski definition) is 5. The second-order valence-electron chi connectivity index (χ2n) is 5.66. The molecule has 0 amide bonds. The highest BCUT2D eigenvalue weighted by Gasteiger charge is 2.23. The second-order valence-corrected chi connectivity index (χ2v) is 10.3. The molecule has 20 heavy (non-hydrogen) atoms. The third-order valence-corrected chi connectivity index (χ3v) is 7.51. The molecular formula is C13H22N2O2S3. The van der Waals surface area contributed by atoms with Crippen molar-refractivity contribution in [3.63, 3.8) is 0 Å². The molecule has 1 aromatic rings. The fraction of sp³-hybridized carbons (Fsp3) is 0.692. The molecule has 0 atom stereocenters. The third kappa shape index (κ3) is 4.73. The summed E-state index contributed by atoms with van der Waals surface area (Å²) in [7, 11) is -3.38. The molecule has 2 N–H and O–H groups in total. The zero-order valence-corrected chi connectivity index (χ0v) is 14.6. The van der Waals surface area contributed by atoms with Crippen molar-refractivity contribution in [3.05, 3.63) is 17.0 Å². The first-order valence-electron chi connectivity index (χ1n) is 6.69. The number of rotatable bonds is 8. The molecule has 1 heterocycles. The van der Waals surface area contributed by atoms with Crippen molar-refractivity contribution >= 4 is 33.1 Å². The molecule has 7 heteroatoms. The first-order chi connectivity index (χ1) is 9.32. The van der Waals surface area contributed by atoms with Gasteiger partial charge >= 0.3 is 0 Å². The van der Waals surface area contributed by atoms with Gasteiger partial charge in [-0.05, 0) is 45.1 Å². The van der Waals surface area contributed by atoms with Crippen LogP contribution in [0.15, 0.2) is 16.3 Å². The molecule has 0 aromatic carbocycles. The summed E-state index contributed by atoms with van der Waals surface area (Å²) in [4.78, 5) is 1.07. The van der Waals surface area contributed by atoms with Crippen molar-refractivity contribution in [2.24, 2.45) is 0 Å². The molecule has 0 saturated heterocycles. The fourth-order valence-electron chi connectivity index (χ4n) is 1.54. The lowest BCUT2D eigenvalue weighted by Gasteiger charge is -2.21. The highest BCUT2D eigenvalue weighted by molar-refractivity contribution is 8.00. The van der Waals surface area contributed by atoms with Gasteiger partial charge in [0.25, 0.3) is 0 Å². The highest BCUT2D eigenvalue weighted by atomic mass is 32.2. The number of sulfonamides is 1. The minimum atomic E-state index is -3.38. The predicted molar refractivity (Wildman–Crippen MR) is 87.0 cm³/mol. The standard InChI is InChI=1S/C13H22N2O2S3/c1-13(2,18-3)9-15-20(16,17)12-7-6-11(19-12)8-14-10-4-5-10/h6-7,10,14-15H,4-5,8-9H2,1-3H3. The molecule has 1 fully saturated rings. The number of thiophene rings is 1. The largest absolute Gasteiger partial charge is 0.309 e. The van der Waals surface area contributed by atoms with Gasteiger partial charge in [-0.15, -0.1) is 11.3 Å². The first kappa shape index (κ1) is 16.3. The topological polar surface area (TPSA) is 58.2 Å². The van der Waals surface area contributed by atoms with Crippen LogP contribution in [0.5, 0.6) is 0 Å². The number of nitrogens with one attached hydrogen (secondary N) is 2. The minimum absolute atomic E-state index is 0.0965. The molecule has 1 aliphatic rings. The Hall–Kier alpha value is -0.0800. The highest BCUT2D eigenvalue weighted by Crippen LogP contribution is 2.25. The van der Waals surface area contributed by atoms with Crippen molar-refractivity contribution in [1.82, 2.24) is 10.0 Å². The Balaban J connectivity index is 1.94. The van der Waals surface area contributed by atoms with E-state index in [2.05, 4.69) is 10.0 Å². The van der Waals surface area contributed by atoms with Crippen molar-refractivity contribution in [2.45, 2.75) is 48.2 Å². The molecule has 1 aliphatic carbocycles. The maximum absolute atomic E-state index is 12.2. The van der Waals surface area contributed by atoms with Gasteiger partial charge in [-0.3, -0.25) is 0 Å². The van der Waals surface area contributed by atoms with E-state index in [-0.39, 0.29) is 4.75 Å². The van der Waals surface area contributed by atoms with Gasteiger partial charge in [0.15, 0.2) is 0 Å². The maximum atomic E-state index is 12.2. The van der Waals surface area contributed by atoms with Crippen LogP contribution in [0.2, 0.25) is 0 Å². The summed E-state index contributed by atoms with van der Waals surface area (Å²) >= 11 is 3.00. The van der Waals surface area contributed by atoms with E-state index in [0.29, 0.717) is 16.8 Å². The van der Waals surface area contributed by atoms with Crippen LogP contribution in [-0.4, -0.2) is 32.0 Å². The lowest BCUT2D eigenvalue weighted by molar-refractivity contribution is 0.573. The zero-order chi connectivity index (χ0) is 14.8. The molecule has 1 saturated carbocycles. The fourth-order valence-corrected chi connectivity index (χ4v) is 4.41. The van der Waals surface area contributed by atoms with E-state index in [1.807, 2.05) is 26.2 Å². The van der Waals surface area contributed by atoms with Gasteiger partial charge in [0.2, 0.25) is 10.0 Å². The smallest absolute Gasteiger partial charge is 0.250 e. The van der Waals surface area contributed by atoms with Gasteiger partial charge in [-0.2, -0.15) is 11.8 Å². The van der Waals surface area contributed by atoms with E-state index in [0.717, 1.165) is 11.4 Å². The average molecular weight is 335 g/mol. The van der Waals surface area contributed by atoms with E-state index in [1.165, 1.54) is 24.2 Å². The molecular weight excluding hydrogens is 312 g/mol. The number of thioether (sulfide) groups is 1. The summed E-state index contributed by atoms with van der Waals surface area (Å²) in [6.07, 6.45) is 4.46. The van der Waals surface area contributed by atoms with Crippen LogP contribution in [-0.2, 0) is 16.6 Å². The van der Waals surface area contributed by atoms with Gasteiger partial charge < -0.3 is 5.32 Å². The van der Waals surface area contributed by atoms with Crippen LogP contribution in [0.3, 0.4) is 0 Å². The lowest BCUT2D eigenvalue weighted by Crippen LogP contribution is -2.35. The summed E-state index contributed by atoms with van der Waals surface area (Å²) < 4.78 is 27.5. The van der Waals surface area contributed by atoms with E-state index >= 15 is 0 Å². The van der Waals surface area contributed by atoms with E-state index in [9.17, 15) is 8.42 Å². The van der Waals surface area contributed by atoms with Crippen molar-refractivity contribution in [1.29, 1.82) is 0 Å². The minimum Gasteiger partial charge on any atom is -0.309 e. The monoisotopic (exact) mass is 334 g/mol. The Morgan fingerprint density at radius 1 is 1.40 bits per heavy atom. The molecule has 2 rings (SSSR count). The lowest BCUT2D eigenvalue weighted by atomic mass is 10.2. The molecule has 4 nitrogen and oxygen atoms in total. The van der Waals surface area contributed by atoms with Crippen LogP contribution in [0, 0.1) is 0 Å². The first-order valence-corrected chi connectivity index (χ1v) is 10.2. The summed E-state index contributed by atoms with van der Waals surface area (Å²) in [5, 5.41) is 3.39. The van der Waals surface area contributed by atoms with Crippen LogP contribution in [0.1, 0.15) is 31.6 Å². The van der Waals surface area contributed by atoms with Crippen LogP contribution >= 0.6 is 23.1 Å². The Morgan fingerprint density at radius 2 is 2.10 bits per heavy atom. The molecule has 114 valence electrons. The SMILES string of the molecule is CSC(C)(C)CNS(=O)(=O)c1ccc(CNC2CC2)s1. The van der Waals surface area contributed by atoms with Crippen molar-refractivity contribution in [2.75, 3.05) is 12.8 Å². The Morgan fingerprint density at radius 3 is 2.70 bits per heavy atom. The van der Waals surface area contributed by atoms with Crippen molar-refractivity contribution in [3.8, 4) is 0 Å². The number of hydrogen-bond donors (Lipinski definition) is 2. The summed E-state index contributed by atoms with van der Waals surface area (Å²) in [5.74, 6) is 0.